The van der Waals surface area contributed by atoms with Crippen LogP contribution in [-0.4, -0.2) is 0 Å². The molecular weight excluding hydrogens is 160 g/mol. The quantitative estimate of drug-likeness (QED) is 0.593. The van der Waals surface area contributed by atoms with E-state index in [-0.39, 0.29) is 5.41 Å². The predicted octanol–water partition coefficient (Wildman–Crippen LogP) is 2.49. The molecule has 0 atom stereocenters. The van der Waals surface area contributed by atoms with Gasteiger partial charge in [0.2, 0.25) is 0 Å². The van der Waals surface area contributed by atoms with Crippen LogP contribution in [0.5, 0.6) is 0 Å². The summed E-state index contributed by atoms with van der Waals surface area (Å²) in [6.45, 7) is 8.29. The number of nitrogens with one attached hydrogen (secondary N) is 1. The number of nitrogen functional groups attached to an aromatic ring is 1. The van der Waals surface area contributed by atoms with Gasteiger partial charge in [-0.2, -0.15) is 0 Å². The number of fused-ring (bicyclic) bond motifs is 1. The minimum atomic E-state index is -0.00921. The molecule has 2 heteroatoms. The van der Waals surface area contributed by atoms with Crippen LogP contribution in [0, 0.1) is 0 Å². The van der Waals surface area contributed by atoms with E-state index in [2.05, 4.69) is 25.7 Å². The molecule has 0 radical (unpaired) electrons. The second-order valence-corrected chi connectivity index (χ2v) is 4.03. The molecule has 3 N–H and O–H groups in total. The van der Waals surface area contributed by atoms with Crippen LogP contribution in [0.4, 0.5) is 11.4 Å². The smallest absolute Gasteiger partial charge is 0.0425 e. The molecule has 1 aliphatic heterocycles. The molecule has 1 heterocycles. The highest BCUT2D eigenvalue weighted by atomic mass is 14.9. The number of anilines is 2. The van der Waals surface area contributed by atoms with Gasteiger partial charge in [0.25, 0.3) is 0 Å². The van der Waals surface area contributed by atoms with Crippen molar-refractivity contribution in [2.75, 3.05) is 11.1 Å². The monoisotopic (exact) mass is 174 g/mol. The highest BCUT2D eigenvalue weighted by molar-refractivity contribution is 5.70. The Bertz CT molecular complexity index is 378. The summed E-state index contributed by atoms with van der Waals surface area (Å²) in [5.74, 6) is 0. The van der Waals surface area contributed by atoms with Gasteiger partial charge in [-0.05, 0) is 23.8 Å². The van der Waals surface area contributed by atoms with Crippen molar-refractivity contribution in [1.29, 1.82) is 0 Å². The molecule has 0 aliphatic carbocycles. The van der Waals surface area contributed by atoms with Gasteiger partial charge in [-0.25, -0.2) is 0 Å². The lowest BCUT2D eigenvalue weighted by Gasteiger charge is -2.19. The molecule has 2 rings (SSSR count). The molecule has 0 bridgehead atoms. The van der Waals surface area contributed by atoms with Gasteiger partial charge in [-0.3, -0.25) is 0 Å². The van der Waals surface area contributed by atoms with Crippen LogP contribution >= 0.6 is 0 Å². The molecule has 0 saturated carbocycles. The van der Waals surface area contributed by atoms with Crippen molar-refractivity contribution in [3.63, 3.8) is 0 Å². The third-order valence-electron chi connectivity index (χ3n) is 2.76. The Morgan fingerprint density at radius 3 is 2.77 bits per heavy atom. The molecule has 1 aromatic rings. The Hall–Kier alpha value is -1.44. The number of rotatable bonds is 0. The summed E-state index contributed by atoms with van der Waals surface area (Å²) in [6, 6.07) is 5.92. The SMILES string of the molecule is C=C1Nc2ccc(N)cc2C1(C)C. The van der Waals surface area contributed by atoms with Crippen LogP contribution in [0.3, 0.4) is 0 Å². The van der Waals surface area contributed by atoms with Crippen LogP contribution in [0.1, 0.15) is 19.4 Å². The fraction of sp³-hybridized carbons (Fsp3) is 0.273. The zero-order chi connectivity index (χ0) is 9.64. The highest BCUT2D eigenvalue weighted by Crippen LogP contribution is 2.42. The largest absolute Gasteiger partial charge is 0.399 e. The van der Waals surface area contributed by atoms with E-state index >= 15 is 0 Å². The summed E-state index contributed by atoms with van der Waals surface area (Å²) in [5.41, 5.74) is 9.94. The molecule has 2 nitrogen and oxygen atoms in total. The van der Waals surface area contributed by atoms with Crippen molar-refractivity contribution >= 4 is 11.4 Å². The first-order valence-electron chi connectivity index (χ1n) is 4.38. The molecule has 1 aromatic carbocycles. The van der Waals surface area contributed by atoms with E-state index < -0.39 is 0 Å². The molecule has 0 fully saturated rings. The fourth-order valence-electron chi connectivity index (χ4n) is 1.67. The third kappa shape index (κ3) is 1.02. The number of nitrogens with two attached hydrogens (primary N) is 1. The van der Waals surface area contributed by atoms with Crippen molar-refractivity contribution in [2.45, 2.75) is 19.3 Å². The van der Waals surface area contributed by atoms with Gasteiger partial charge in [0.05, 0.1) is 0 Å². The third-order valence-corrected chi connectivity index (χ3v) is 2.76. The van der Waals surface area contributed by atoms with Gasteiger partial charge in [0, 0.05) is 22.5 Å². The standard InChI is InChI=1S/C11H14N2/c1-7-11(2,3)9-6-8(12)4-5-10(9)13-7/h4-6,13H,1,12H2,2-3H3. The van der Waals surface area contributed by atoms with E-state index in [1.165, 1.54) is 5.56 Å². The fourth-order valence-corrected chi connectivity index (χ4v) is 1.67. The van der Waals surface area contributed by atoms with Crippen LogP contribution < -0.4 is 11.1 Å². The Labute approximate surface area is 78.5 Å². The first kappa shape index (κ1) is 8.17. The van der Waals surface area contributed by atoms with E-state index in [1.807, 2.05) is 18.2 Å². The Morgan fingerprint density at radius 1 is 1.38 bits per heavy atom. The molecular formula is C11H14N2. The van der Waals surface area contributed by atoms with Crippen LogP contribution in [0.2, 0.25) is 0 Å². The van der Waals surface area contributed by atoms with Crippen LogP contribution in [0.25, 0.3) is 0 Å². The van der Waals surface area contributed by atoms with E-state index in [4.69, 9.17) is 5.73 Å². The molecule has 0 unspecified atom stereocenters. The van der Waals surface area contributed by atoms with Gasteiger partial charge in [-0.15, -0.1) is 0 Å². The lowest BCUT2D eigenvalue weighted by molar-refractivity contribution is 0.657. The number of hydrogen-bond acceptors (Lipinski definition) is 2. The first-order chi connectivity index (χ1) is 6.01. The average Bonchev–Trinajstić information content (AvgIpc) is 2.27. The summed E-state index contributed by atoms with van der Waals surface area (Å²) in [5, 5.41) is 3.26. The van der Waals surface area contributed by atoms with E-state index in [9.17, 15) is 0 Å². The molecule has 0 amide bonds. The lowest BCUT2D eigenvalue weighted by Crippen LogP contribution is -2.16. The van der Waals surface area contributed by atoms with Gasteiger partial charge in [-0.1, -0.05) is 20.4 Å². The molecule has 68 valence electrons. The second-order valence-electron chi connectivity index (χ2n) is 4.03. The zero-order valence-electron chi connectivity index (χ0n) is 8.02. The van der Waals surface area contributed by atoms with Gasteiger partial charge >= 0.3 is 0 Å². The lowest BCUT2D eigenvalue weighted by atomic mass is 9.84. The maximum absolute atomic E-state index is 5.74. The predicted molar refractivity (Wildman–Crippen MR) is 56.6 cm³/mol. The zero-order valence-corrected chi connectivity index (χ0v) is 8.02. The van der Waals surface area contributed by atoms with E-state index in [0.717, 1.165) is 17.1 Å². The second kappa shape index (κ2) is 2.28. The average molecular weight is 174 g/mol. The number of benzene rings is 1. The molecule has 0 spiro atoms. The highest BCUT2D eigenvalue weighted by Gasteiger charge is 2.33. The number of allylic oxidation sites excluding steroid dienone is 1. The normalized spacial score (nSPS) is 18.2. The van der Waals surface area contributed by atoms with Gasteiger partial charge < -0.3 is 11.1 Å². The molecule has 1 aliphatic rings. The van der Waals surface area contributed by atoms with Crippen molar-refractivity contribution in [2.24, 2.45) is 0 Å². The van der Waals surface area contributed by atoms with Crippen molar-refractivity contribution < 1.29 is 0 Å². The van der Waals surface area contributed by atoms with Crippen molar-refractivity contribution in [3.05, 3.63) is 36.0 Å². The Morgan fingerprint density at radius 2 is 2.08 bits per heavy atom. The summed E-state index contributed by atoms with van der Waals surface area (Å²) >= 11 is 0. The Kier molecular flexibility index (Phi) is 1.44. The maximum atomic E-state index is 5.74. The summed E-state index contributed by atoms with van der Waals surface area (Å²) < 4.78 is 0. The summed E-state index contributed by atoms with van der Waals surface area (Å²) in [6.07, 6.45) is 0. The molecule has 0 aromatic heterocycles. The van der Waals surface area contributed by atoms with E-state index in [1.54, 1.807) is 0 Å². The molecule has 0 saturated heterocycles. The molecule has 13 heavy (non-hydrogen) atoms. The maximum Gasteiger partial charge on any atom is 0.0425 e. The van der Waals surface area contributed by atoms with Crippen molar-refractivity contribution in [1.82, 2.24) is 0 Å². The van der Waals surface area contributed by atoms with Crippen LogP contribution in [-0.2, 0) is 5.41 Å². The van der Waals surface area contributed by atoms with Gasteiger partial charge in [0.15, 0.2) is 0 Å². The van der Waals surface area contributed by atoms with Crippen LogP contribution in [0.15, 0.2) is 30.5 Å². The number of hydrogen-bond donors (Lipinski definition) is 2. The summed E-state index contributed by atoms with van der Waals surface area (Å²) in [7, 11) is 0. The van der Waals surface area contributed by atoms with Gasteiger partial charge in [0.1, 0.15) is 0 Å². The minimum Gasteiger partial charge on any atom is -0.399 e. The Balaban J connectivity index is 2.64. The topological polar surface area (TPSA) is 38.0 Å². The van der Waals surface area contributed by atoms with Crippen molar-refractivity contribution in [3.8, 4) is 0 Å². The summed E-state index contributed by atoms with van der Waals surface area (Å²) in [4.78, 5) is 0. The minimum absolute atomic E-state index is 0.00921. The first-order valence-corrected chi connectivity index (χ1v) is 4.38. The van der Waals surface area contributed by atoms with E-state index in [0.29, 0.717) is 0 Å².